The van der Waals surface area contributed by atoms with Crippen LogP contribution >= 0.6 is 0 Å². The van der Waals surface area contributed by atoms with Crippen molar-refractivity contribution in [2.45, 2.75) is 66.6 Å². The van der Waals surface area contributed by atoms with Crippen LogP contribution in [0.4, 0.5) is 0 Å². The smallest absolute Gasteiger partial charge is 0.316 e. The second kappa shape index (κ2) is 17.5. The van der Waals surface area contributed by atoms with Crippen LogP contribution in [-0.4, -0.2) is 72.8 Å². The van der Waals surface area contributed by atoms with Crippen molar-refractivity contribution in [2.75, 3.05) is 33.0 Å². The molecule has 0 heterocycles. The van der Waals surface area contributed by atoms with Gasteiger partial charge in [-0.05, 0) is 32.3 Å². The largest absolute Gasteiger partial charge is 0.462 e. The topological polar surface area (TPSA) is 133 Å². The molecule has 1 amide bonds. The second-order valence-corrected chi connectivity index (χ2v) is 9.91. The highest BCUT2D eigenvalue weighted by atomic mass is 16.6. The van der Waals surface area contributed by atoms with E-state index in [0.717, 1.165) is 11.3 Å². The zero-order valence-corrected chi connectivity index (χ0v) is 23.4. The summed E-state index contributed by atoms with van der Waals surface area (Å²) in [7, 11) is 0. The maximum Gasteiger partial charge on any atom is 0.316 e. The highest BCUT2D eigenvalue weighted by molar-refractivity contribution is 5.98. The monoisotopic (exact) mass is 534 g/mol. The Balaban J connectivity index is 2.58. The summed E-state index contributed by atoms with van der Waals surface area (Å²) in [5, 5.41) is 13.8. The normalized spacial score (nSPS) is 13.4. The van der Waals surface area contributed by atoms with Crippen LogP contribution in [0.5, 0.6) is 0 Å². The summed E-state index contributed by atoms with van der Waals surface area (Å²) in [5.74, 6) is -2.09. The number of aliphatic imine (C=N–C) groups is 1. The van der Waals surface area contributed by atoms with Gasteiger partial charge in [0.05, 0.1) is 32.0 Å². The molecule has 0 fully saturated rings. The van der Waals surface area contributed by atoms with Crippen molar-refractivity contribution in [3.63, 3.8) is 0 Å². The Labute approximate surface area is 225 Å². The number of Topliss-reactive ketones (excluding diaryl/α,β-unsaturated/α-hetero) is 1. The lowest BCUT2D eigenvalue weighted by atomic mass is 10.0. The highest BCUT2D eigenvalue weighted by Crippen LogP contribution is 2.08. The maximum absolute atomic E-state index is 12.3. The summed E-state index contributed by atoms with van der Waals surface area (Å²) in [6.07, 6.45) is 0.517. The first-order chi connectivity index (χ1) is 17.9. The van der Waals surface area contributed by atoms with Gasteiger partial charge in [0.1, 0.15) is 30.6 Å². The van der Waals surface area contributed by atoms with Crippen molar-refractivity contribution in [1.82, 2.24) is 0 Å². The van der Waals surface area contributed by atoms with E-state index in [4.69, 9.17) is 19.0 Å². The molecule has 0 saturated carbocycles. The molecule has 0 aliphatic carbocycles. The highest BCUT2D eigenvalue weighted by Gasteiger charge is 2.25. The lowest BCUT2D eigenvalue weighted by Gasteiger charge is -2.18. The predicted octanol–water partition coefficient (Wildman–Crippen LogP) is 3.54. The molecule has 1 N–H and O–H groups in total. The zero-order chi connectivity index (χ0) is 28.6. The van der Waals surface area contributed by atoms with Crippen molar-refractivity contribution in [2.24, 2.45) is 22.0 Å². The summed E-state index contributed by atoms with van der Waals surface area (Å²) in [4.78, 5) is 45.2. The molecule has 1 atom stereocenters. The van der Waals surface area contributed by atoms with Gasteiger partial charge < -0.3 is 24.2 Å². The Morgan fingerprint density at radius 3 is 2.13 bits per heavy atom. The number of aliphatic hydroxyl groups is 1. The number of ether oxygens (including phenoxy) is 3. The van der Waals surface area contributed by atoms with Gasteiger partial charge >= 0.3 is 5.97 Å². The van der Waals surface area contributed by atoms with E-state index in [0.29, 0.717) is 18.7 Å². The van der Waals surface area contributed by atoms with Gasteiger partial charge in [0.25, 0.3) is 0 Å². The SMILES string of the molecule is CC(=O)N=C(CCOC/C(COCCC(=O)C(C)C(=O)OCC(C)(C)O)=N\OCc1ccccc1)C(C)C. The van der Waals surface area contributed by atoms with E-state index in [9.17, 15) is 19.5 Å². The molecule has 0 radical (unpaired) electrons. The molecule has 10 heteroatoms. The number of carbonyl (C=O) groups excluding carboxylic acids is 3. The van der Waals surface area contributed by atoms with Crippen molar-refractivity contribution < 1.29 is 38.5 Å². The van der Waals surface area contributed by atoms with Crippen LogP contribution in [0.25, 0.3) is 0 Å². The van der Waals surface area contributed by atoms with E-state index in [1.807, 2.05) is 44.2 Å². The van der Waals surface area contributed by atoms with Crippen LogP contribution in [0.15, 0.2) is 40.5 Å². The molecule has 1 rings (SSSR count). The number of hydrogen-bond acceptors (Lipinski definition) is 9. The minimum atomic E-state index is -1.17. The van der Waals surface area contributed by atoms with Gasteiger partial charge in [0.2, 0.25) is 5.91 Å². The molecule has 0 aromatic heterocycles. The van der Waals surface area contributed by atoms with E-state index in [1.54, 1.807) is 0 Å². The number of esters is 1. The van der Waals surface area contributed by atoms with Crippen molar-refractivity contribution in [1.29, 1.82) is 0 Å². The average molecular weight is 535 g/mol. The lowest BCUT2D eigenvalue weighted by Crippen LogP contribution is -2.32. The molecule has 38 heavy (non-hydrogen) atoms. The first kappa shape index (κ1) is 33.1. The van der Waals surface area contributed by atoms with E-state index in [2.05, 4.69) is 10.1 Å². The standard InChI is InChI=1S/C28H42N2O8/c1-20(2)25(29-22(4)31)12-14-35-17-24(30-38-16-23-10-8-7-9-11-23)18-36-15-13-26(32)21(3)27(33)37-19-28(5,6)34/h7-11,20-21,34H,12-19H2,1-6H3/b29-25?,30-24+. The number of benzene rings is 1. The summed E-state index contributed by atoms with van der Waals surface area (Å²) in [6.45, 7) is 10.5. The van der Waals surface area contributed by atoms with Crippen LogP contribution in [0.3, 0.4) is 0 Å². The Morgan fingerprint density at radius 1 is 0.974 bits per heavy atom. The predicted molar refractivity (Wildman–Crippen MR) is 144 cm³/mol. The second-order valence-electron chi connectivity index (χ2n) is 9.91. The Kier molecular flexibility index (Phi) is 15.3. The van der Waals surface area contributed by atoms with Gasteiger partial charge in [0.15, 0.2) is 0 Å². The van der Waals surface area contributed by atoms with E-state index >= 15 is 0 Å². The number of amides is 1. The number of nitrogens with zero attached hydrogens (tertiary/aromatic N) is 2. The molecular formula is C28H42N2O8. The number of carbonyl (C=O) groups is 3. The number of oxime groups is 1. The van der Waals surface area contributed by atoms with Gasteiger partial charge in [-0.1, -0.05) is 49.3 Å². The molecule has 10 nitrogen and oxygen atoms in total. The fourth-order valence-electron chi connectivity index (χ4n) is 2.99. The number of rotatable bonds is 18. The van der Waals surface area contributed by atoms with Gasteiger partial charge in [-0.2, -0.15) is 0 Å². The molecule has 0 bridgehead atoms. The summed E-state index contributed by atoms with van der Waals surface area (Å²) < 4.78 is 16.3. The van der Waals surface area contributed by atoms with Crippen LogP contribution < -0.4 is 0 Å². The molecular weight excluding hydrogens is 492 g/mol. The maximum atomic E-state index is 12.3. The van der Waals surface area contributed by atoms with Crippen LogP contribution in [0.1, 0.15) is 59.9 Å². The van der Waals surface area contributed by atoms with Crippen LogP contribution in [0.2, 0.25) is 0 Å². The summed E-state index contributed by atoms with van der Waals surface area (Å²) in [6, 6.07) is 9.56. The molecule has 212 valence electrons. The average Bonchev–Trinajstić information content (AvgIpc) is 2.85. The lowest BCUT2D eigenvalue weighted by molar-refractivity contribution is -0.156. The fourth-order valence-corrected chi connectivity index (χ4v) is 2.99. The first-order valence-corrected chi connectivity index (χ1v) is 12.8. The van der Waals surface area contributed by atoms with Gasteiger partial charge in [-0.3, -0.25) is 14.4 Å². The molecule has 0 saturated heterocycles. The van der Waals surface area contributed by atoms with Gasteiger partial charge in [-0.15, -0.1) is 0 Å². The van der Waals surface area contributed by atoms with Gasteiger partial charge in [-0.25, -0.2) is 4.99 Å². The van der Waals surface area contributed by atoms with Crippen molar-refractivity contribution >= 4 is 29.1 Å². The van der Waals surface area contributed by atoms with Crippen LogP contribution in [0, 0.1) is 11.8 Å². The third-order valence-electron chi connectivity index (χ3n) is 5.17. The minimum absolute atomic E-state index is 0.0110. The molecule has 1 aromatic carbocycles. The quantitative estimate of drug-likeness (QED) is 0.0994. The Morgan fingerprint density at radius 2 is 1.58 bits per heavy atom. The zero-order valence-electron chi connectivity index (χ0n) is 23.4. The van der Waals surface area contributed by atoms with Crippen LogP contribution in [-0.2, 0) is 40.0 Å². The summed E-state index contributed by atoms with van der Waals surface area (Å²) in [5.41, 5.74) is 1.04. The first-order valence-electron chi connectivity index (χ1n) is 12.8. The fraction of sp³-hybridized carbons (Fsp3) is 0.607. The van der Waals surface area contributed by atoms with Crippen molar-refractivity contribution in [3.8, 4) is 0 Å². The minimum Gasteiger partial charge on any atom is -0.462 e. The van der Waals surface area contributed by atoms with Gasteiger partial charge in [0, 0.05) is 25.5 Å². The third kappa shape index (κ3) is 15.3. The van der Waals surface area contributed by atoms with E-state index in [-0.39, 0.29) is 57.1 Å². The Hall–Kier alpha value is -2.95. The molecule has 1 aromatic rings. The number of hydrogen-bond donors (Lipinski definition) is 1. The Bertz CT molecular complexity index is 936. The molecule has 1 unspecified atom stereocenters. The number of ketones is 1. The van der Waals surface area contributed by atoms with Crippen molar-refractivity contribution in [3.05, 3.63) is 35.9 Å². The molecule has 0 aliphatic rings. The molecule has 0 aliphatic heterocycles. The third-order valence-corrected chi connectivity index (χ3v) is 5.17. The van der Waals surface area contributed by atoms with E-state index in [1.165, 1.54) is 27.7 Å². The van der Waals surface area contributed by atoms with E-state index < -0.39 is 17.5 Å². The summed E-state index contributed by atoms with van der Waals surface area (Å²) >= 11 is 0. The molecule has 0 spiro atoms.